The first-order valence-electron chi connectivity index (χ1n) is 7.86. The van der Waals surface area contributed by atoms with Gasteiger partial charge in [-0.15, -0.1) is 0 Å². The first kappa shape index (κ1) is 18.5. The van der Waals surface area contributed by atoms with Gasteiger partial charge in [0.25, 0.3) is 0 Å². The number of hydrogen-bond acceptors (Lipinski definition) is 3. The van der Waals surface area contributed by atoms with Crippen LogP contribution in [0.1, 0.15) is 48.4 Å². The van der Waals surface area contributed by atoms with Crippen LogP contribution in [0.5, 0.6) is 5.75 Å². The third kappa shape index (κ3) is 4.60. The van der Waals surface area contributed by atoms with Gasteiger partial charge in [0, 0.05) is 5.33 Å². The predicted octanol–water partition coefficient (Wildman–Crippen LogP) is 5.29. The number of rotatable bonds is 5. The number of ether oxygens (including phenoxy) is 2. The highest BCUT2D eigenvalue weighted by Gasteiger charge is 2.18. The molecule has 0 aromatic heterocycles. The first-order chi connectivity index (χ1) is 11.3. The molecule has 24 heavy (non-hydrogen) atoms. The number of methoxy groups -OCH3 is 1. The molecule has 0 aliphatic rings. The summed E-state index contributed by atoms with van der Waals surface area (Å²) in [5.74, 6) is 0.451. The predicted molar refractivity (Wildman–Crippen MR) is 100 cm³/mol. The summed E-state index contributed by atoms with van der Waals surface area (Å²) in [6.07, 6.45) is -0.342. The van der Waals surface area contributed by atoms with Gasteiger partial charge in [-0.1, -0.05) is 61.0 Å². The van der Waals surface area contributed by atoms with Gasteiger partial charge in [-0.3, -0.25) is 0 Å². The summed E-state index contributed by atoms with van der Waals surface area (Å²) in [5, 5.41) is 0.533. The molecule has 0 saturated carbocycles. The molecule has 0 aliphatic heterocycles. The lowest BCUT2D eigenvalue weighted by atomic mass is 9.87. The second-order valence-electron chi connectivity index (χ2n) is 6.65. The number of carbonyl (C=O) groups is 1. The Morgan fingerprint density at radius 2 is 1.62 bits per heavy atom. The lowest BCUT2D eigenvalue weighted by Gasteiger charge is -2.20. The summed E-state index contributed by atoms with van der Waals surface area (Å²) in [4.78, 5) is 12.4. The van der Waals surface area contributed by atoms with Crippen LogP contribution >= 0.6 is 15.9 Å². The zero-order chi connectivity index (χ0) is 17.7. The van der Waals surface area contributed by atoms with E-state index in [9.17, 15) is 4.79 Å². The topological polar surface area (TPSA) is 35.5 Å². The van der Waals surface area contributed by atoms with Crippen molar-refractivity contribution in [2.45, 2.75) is 32.3 Å². The van der Waals surface area contributed by atoms with E-state index in [1.807, 2.05) is 48.5 Å². The SMILES string of the molecule is COc1ccc(C(CBr)OC(=O)c2ccc(C(C)(C)C)cc2)cc1. The van der Waals surface area contributed by atoms with Crippen LogP contribution in [0.2, 0.25) is 0 Å². The zero-order valence-corrected chi connectivity index (χ0v) is 16.1. The van der Waals surface area contributed by atoms with E-state index in [1.165, 1.54) is 5.56 Å². The van der Waals surface area contributed by atoms with E-state index < -0.39 is 0 Å². The molecule has 2 rings (SSSR count). The van der Waals surface area contributed by atoms with Gasteiger partial charge >= 0.3 is 5.97 Å². The van der Waals surface area contributed by atoms with E-state index in [1.54, 1.807) is 7.11 Å². The Labute approximate surface area is 152 Å². The van der Waals surface area contributed by atoms with E-state index in [0.717, 1.165) is 11.3 Å². The number of esters is 1. The minimum Gasteiger partial charge on any atom is -0.497 e. The molecule has 3 nitrogen and oxygen atoms in total. The molecule has 1 atom stereocenters. The number of alkyl halides is 1. The number of benzene rings is 2. The summed E-state index contributed by atoms with van der Waals surface area (Å²) in [7, 11) is 1.62. The molecule has 128 valence electrons. The summed E-state index contributed by atoms with van der Waals surface area (Å²) >= 11 is 3.42. The molecular formula is C20H23BrO3. The highest BCUT2D eigenvalue weighted by molar-refractivity contribution is 9.09. The molecule has 1 unspecified atom stereocenters. The molecule has 2 aromatic carbocycles. The summed E-state index contributed by atoms with van der Waals surface area (Å²) in [5.41, 5.74) is 2.73. The third-order valence-corrected chi connectivity index (χ3v) is 4.45. The fourth-order valence-corrected chi connectivity index (χ4v) is 2.82. The number of carbonyl (C=O) groups excluding carboxylic acids is 1. The van der Waals surface area contributed by atoms with Gasteiger partial charge in [0.2, 0.25) is 0 Å². The smallest absolute Gasteiger partial charge is 0.338 e. The van der Waals surface area contributed by atoms with Crippen LogP contribution in [0, 0.1) is 0 Å². The average molecular weight is 391 g/mol. The number of hydrogen-bond donors (Lipinski definition) is 0. The van der Waals surface area contributed by atoms with Crippen molar-refractivity contribution in [3.05, 3.63) is 65.2 Å². The second-order valence-corrected chi connectivity index (χ2v) is 7.30. The van der Waals surface area contributed by atoms with E-state index in [0.29, 0.717) is 10.9 Å². The average Bonchev–Trinajstić information content (AvgIpc) is 2.59. The van der Waals surface area contributed by atoms with Crippen molar-refractivity contribution in [2.24, 2.45) is 0 Å². The van der Waals surface area contributed by atoms with E-state index in [-0.39, 0.29) is 17.5 Å². The van der Waals surface area contributed by atoms with Crippen LogP contribution in [-0.2, 0) is 10.2 Å². The van der Waals surface area contributed by atoms with Gasteiger partial charge in [-0.05, 0) is 40.8 Å². The van der Waals surface area contributed by atoms with Gasteiger partial charge in [0.05, 0.1) is 12.7 Å². The molecule has 0 aliphatic carbocycles. The first-order valence-corrected chi connectivity index (χ1v) is 8.98. The van der Waals surface area contributed by atoms with Crippen LogP contribution in [-0.4, -0.2) is 18.4 Å². The van der Waals surface area contributed by atoms with E-state index in [4.69, 9.17) is 9.47 Å². The Kier molecular flexibility index (Phi) is 6.05. The highest BCUT2D eigenvalue weighted by Crippen LogP contribution is 2.25. The Hall–Kier alpha value is -1.81. The Balaban J connectivity index is 2.11. The van der Waals surface area contributed by atoms with Crippen LogP contribution in [0.15, 0.2) is 48.5 Å². The lowest BCUT2D eigenvalue weighted by Crippen LogP contribution is -2.14. The maximum atomic E-state index is 12.4. The van der Waals surface area contributed by atoms with Crippen molar-refractivity contribution in [1.29, 1.82) is 0 Å². The standard InChI is InChI=1S/C20H23BrO3/c1-20(2,3)16-9-5-15(6-10-16)19(22)24-18(13-21)14-7-11-17(23-4)12-8-14/h5-12,18H,13H2,1-4H3. The molecule has 0 bridgehead atoms. The Morgan fingerprint density at radius 3 is 2.08 bits per heavy atom. The molecule has 2 aromatic rings. The maximum absolute atomic E-state index is 12.4. The molecule has 0 amide bonds. The molecule has 0 heterocycles. The fraction of sp³-hybridized carbons (Fsp3) is 0.350. The minimum absolute atomic E-state index is 0.0594. The molecule has 0 spiro atoms. The second kappa shape index (κ2) is 7.84. The quantitative estimate of drug-likeness (QED) is 0.514. The Bertz CT molecular complexity index is 670. The highest BCUT2D eigenvalue weighted by atomic mass is 79.9. The lowest BCUT2D eigenvalue weighted by molar-refractivity contribution is 0.0349. The van der Waals surface area contributed by atoms with Crippen molar-refractivity contribution in [2.75, 3.05) is 12.4 Å². The summed E-state index contributed by atoms with van der Waals surface area (Å²) in [6, 6.07) is 15.1. The molecule has 0 fully saturated rings. The number of halogens is 1. The van der Waals surface area contributed by atoms with Gasteiger partial charge in [-0.2, -0.15) is 0 Å². The van der Waals surface area contributed by atoms with Crippen molar-refractivity contribution in [1.82, 2.24) is 0 Å². The normalized spacial score (nSPS) is 12.5. The van der Waals surface area contributed by atoms with Crippen molar-refractivity contribution in [3.63, 3.8) is 0 Å². The van der Waals surface area contributed by atoms with Gasteiger partial charge in [0.1, 0.15) is 11.9 Å². The van der Waals surface area contributed by atoms with Gasteiger partial charge in [0.15, 0.2) is 0 Å². The van der Waals surface area contributed by atoms with E-state index in [2.05, 4.69) is 36.7 Å². The minimum atomic E-state index is -0.342. The molecule has 4 heteroatoms. The molecular weight excluding hydrogens is 368 g/mol. The van der Waals surface area contributed by atoms with Crippen LogP contribution in [0.25, 0.3) is 0 Å². The van der Waals surface area contributed by atoms with Gasteiger partial charge in [-0.25, -0.2) is 4.79 Å². The monoisotopic (exact) mass is 390 g/mol. The van der Waals surface area contributed by atoms with Crippen LogP contribution in [0.3, 0.4) is 0 Å². The third-order valence-electron chi connectivity index (χ3n) is 3.86. The van der Waals surface area contributed by atoms with Crippen LogP contribution < -0.4 is 4.74 Å². The van der Waals surface area contributed by atoms with Crippen LogP contribution in [0.4, 0.5) is 0 Å². The van der Waals surface area contributed by atoms with Crippen molar-refractivity contribution >= 4 is 21.9 Å². The fourth-order valence-electron chi connectivity index (χ4n) is 2.31. The summed E-state index contributed by atoms with van der Waals surface area (Å²) in [6.45, 7) is 6.43. The maximum Gasteiger partial charge on any atom is 0.338 e. The van der Waals surface area contributed by atoms with Crippen molar-refractivity contribution in [3.8, 4) is 5.75 Å². The largest absolute Gasteiger partial charge is 0.497 e. The van der Waals surface area contributed by atoms with Gasteiger partial charge < -0.3 is 9.47 Å². The van der Waals surface area contributed by atoms with E-state index >= 15 is 0 Å². The summed E-state index contributed by atoms with van der Waals surface area (Å²) < 4.78 is 10.8. The zero-order valence-electron chi connectivity index (χ0n) is 14.5. The molecule has 0 radical (unpaired) electrons. The Morgan fingerprint density at radius 1 is 1.04 bits per heavy atom. The van der Waals surface area contributed by atoms with Crippen molar-refractivity contribution < 1.29 is 14.3 Å². The molecule has 0 N–H and O–H groups in total. The molecule has 0 saturated heterocycles.